The van der Waals surface area contributed by atoms with Gasteiger partial charge in [-0.15, -0.1) is 5.10 Å². The Morgan fingerprint density at radius 2 is 2.42 bits per heavy atom. The first-order valence-corrected chi connectivity index (χ1v) is 4.47. The maximum Gasteiger partial charge on any atom is 0.240 e. The largest absolute Gasteiger partial charge is 0.380 e. The molecule has 1 rings (SSSR count). The average molecular weight is 235 g/mol. The van der Waals surface area contributed by atoms with Crippen molar-refractivity contribution in [2.75, 3.05) is 18.9 Å². The zero-order valence-electron chi connectivity index (χ0n) is 6.83. The predicted molar refractivity (Wildman–Crippen MR) is 48.6 cm³/mol. The zero-order valence-corrected chi connectivity index (χ0v) is 8.41. The van der Waals surface area contributed by atoms with Crippen LogP contribution in [-0.2, 0) is 11.3 Å². The van der Waals surface area contributed by atoms with E-state index in [4.69, 9.17) is 10.5 Å². The van der Waals surface area contributed by atoms with E-state index in [1.54, 1.807) is 4.68 Å². The van der Waals surface area contributed by atoms with Crippen molar-refractivity contribution in [1.29, 1.82) is 0 Å². The van der Waals surface area contributed by atoms with Crippen molar-refractivity contribution in [3.05, 3.63) is 4.73 Å². The number of ether oxygens (including phenoxy) is 1. The minimum absolute atomic E-state index is 0.276. The van der Waals surface area contributed by atoms with E-state index in [-0.39, 0.29) is 5.95 Å². The van der Waals surface area contributed by atoms with Crippen molar-refractivity contribution < 1.29 is 4.74 Å². The molecule has 1 heterocycles. The summed E-state index contributed by atoms with van der Waals surface area (Å²) >= 11 is 3.22. The number of halogens is 1. The molecule has 0 bridgehead atoms. The van der Waals surface area contributed by atoms with Crippen molar-refractivity contribution in [3.63, 3.8) is 0 Å². The maximum atomic E-state index is 5.37. The monoisotopic (exact) mass is 234 g/mol. The van der Waals surface area contributed by atoms with Crippen LogP contribution in [-0.4, -0.2) is 28.0 Å². The number of anilines is 1. The van der Waals surface area contributed by atoms with Crippen LogP contribution in [0.25, 0.3) is 0 Å². The summed E-state index contributed by atoms with van der Waals surface area (Å²) in [6, 6.07) is 0. The Hall–Kier alpha value is -0.620. The molecule has 0 atom stereocenters. The molecule has 0 spiro atoms. The van der Waals surface area contributed by atoms with E-state index < -0.39 is 0 Å². The number of aromatic nitrogens is 3. The molecule has 0 aliphatic rings. The summed E-state index contributed by atoms with van der Waals surface area (Å²) in [6.45, 7) is 3.95. The topological polar surface area (TPSA) is 66.0 Å². The summed E-state index contributed by atoms with van der Waals surface area (Å²) in [4.78, 5) is 3.88. The van der Waals surface area contributed by atoms with Crippen LogP contribution in [0.3, 0.4) is 0 Å². The fourth-order valence-corrected chi connectivity index (χ4v) is 1.22. The van der Waals surface area contributed by atoms with Gasteiger partial charge < -0.3 is 10.5 Å². The van der Waals surface area contributed by atoms with Gasteiger partial charge in [-0.3, -0.25) is 0 Å². The number of hydrogen-bond donors (Lipinski definition) is 1. The zero-order chi connectivity index (χ0) is 8.97. The van der Waals surface area contributed by atoms with Crippen LogP contribution in [0.5, 0.6) is 0 Å². The SMILES string of the molecule is CCOCCn1nc(N)nc1Br. The Morgan fingerprint density at radius 1 is 1.67 bits per heavy atom. The third kappa shape index (κ3) is 2.46. The van der Waals surface area contributed by atoms with Crippen molar-refractivity contribution in [2.24, 2.45) is 0 Å². The smallest absolute Gasteiger partial charge is 0.240 e. The van der Waals surface area contributed by atoms with Crippen molar-refractivity contribution in [2.45, 2.75) is 13.5 Å². The van der Waals surface area contributed by atoms with Crippen LogP contribution in [0.15, 0.2) is 4.73 Å². The maximum absolute atomic E-state index is 5.37. The minimum Gasteiger partial charge on any atom is -0.380 e. The van der Waals surface area contributed by atoms with E-state index in [0.717, 1.165) is 0 Å². The third-order valence-electron chi connectivity index (χ3n) is 1.29. The molecule has 0 amide bonds. The lowest BCUT2D eigenvalue weighted by atomic mass is 10.7. The Kier molecular flexibility index (Phi) is 3.48. The van der Waals surface area contributed by atoms with E-state index >= 15 is 0 Å². The average Bonchev–Trinajstić information content (AvgIpc) is 2.31. The lowest BCUT2D eigenvalue weighted by molar-refractivity contribution is 0.135. The first-order chi connectivity index (χ1) is 5.74. The second-order valence-electron chi connectivity index (χ2n) is 2.16. The van der Waals surface area contributed by atoms with E-state index in [9.17, 15) is 0 Å². The highest BCUT2D eigenvalue weighted by Gasteiger charge is 2.02. The molecule has 0 unspecified atom stereocenters. The van der Waals surface area contributed by atoms with Crippen molar-refractivity contribution >= 4 is 21.9 Å². The first-order valence-electron chi connectivity index (χ1n) is 3.67. The molecule has 0 saturated heterocycles. The summed E-state index contributed by atoms with van der Waals surface area (Å²) in [7, 11) is 0. The van der Waals surface area contributed by atoms with Gasteiger partial charge in [0.1, 0.15) is 0 Å². The first kappa shape index (κ1) is 9.47. The van der Waals surface area contributed by atoms with Crippen LogP contribution in [0.4, 0.5) is 5.95 Å². The van der Waals surface area contributed by atoms with Gasteiger partial charge in [0, 0.05) is 6.61 Å². The third-order valence-corrected chi connectivity index (χ3v) is 1.88. The molecule has 0 radical (unpaired) electrons. The Bertz CT molecular complexity index is 250. The van der Waals surface area contributed by atoms with Crippen LogP contribution in [0.2, 0.25) is 0 Å². The molecular weight excluding hydrogens is 224 g/mol. The van der Waals surface area contributed by atoms with Gasteiger partial charge in [0.25, 0.3) is 0 Å². The van der Waals surface area contributed by atoms with Crippen LogP contribution >= 0.6 is 15.9 Å². The highest BCUT2D eigenvalue weighted by atomic mass is 79.9. The fourth-order valence-electron chi connectivity index (χ4n) is 0.777. The highest BCUT2D eigenvalue weighted by molar-refractivity contribution is 9.10. The molecule has 1 aromatic rings. The standard InChI is InChI=1S/C6H11BrN4O/c1-2-12-4-3-11-5(7)9-6(8)10-11/h2-4H2,1H3,(H2,8,10). The molecule has 68 valence electrons. The molecule has 0 aromatic carbocycles. The molecule has 0 aliphatic heterocycles. The summed E-state index contributed by atoms with van der Waals surface area (Å²) in [5, 5.41) is 3.94. The van der Waals surface area contributed by atoms with E-state index in [2.05, 4.69) is 26.0 Å². The molecule has 0 fully saturated rings. The fraction of sp³-hybridized carbons (Fsp3) is 0.667. The Labute approximate surface area is 79.0 Å². The summed E-state index contributed by atoms with van der Waals surface area (Å²) in [5.41, 5.74) is 5.37. The van der Waals surface area contributed by atoms with Crippen molar-refractivity contribution in [1.82, 2.24) is 14.8 Å². The van der Waals surface area contributed by atoms with Crippen LogP contribution in [0, 0.1) is 0 Å². The predicted octanol–water partition coefficient (Wildman–Crippen LogP) is 0.659. The molecule has 0 saturated carbocycles. The lowest BCUT2D eigenvalue weighted by Gasteiger charge is -2.00. The summed E-state index contributed by atoms with van der Waals surface area (Å²) < 4.78 is 7.45. The van der Waals surface area contributed by atoms with Gasteiger partial charge in [0.15, 0.2) is 4.73 Å². The normalized spacial score (nSPS) is 10.5. The van der Waals surface area contributed by atoms with Gasteiger partial charge in [0.2, 0.25) is 5.95 Å². The van der Waals surface area contributed by atoms with Gasteiger partial charge in [-0.1, -0.05) is 0 Å². The molecular formula is C6H11BrN4O. The summed E-state index contributed by atoms with van der Waals surface area (Å²) in [6.07, 6.45) is 0. The molecule has 6 heteroatoms. The van der Waals surface area contributed by atoms with Crippen LogP contribution in [0.1, 0.15) is 6.92 Å². The molecule has 0 aliphatic carbocycles. The Balaban J connectivity index is 2.45. The number of nitrogens with two attached hydrogens (primary N) is 1. The van der Waals surface area contributed by atoms with E-state index in [0.29, 0.717) is 24.5 Å². The van der Waals surface area contributed by atoms with Crippen molar-refractivity contribution in [3.8, 4) is 0 Å². The molecule has 12 heavy (non-hydrogen) atoms. The number of nitrogen functional groups attached to an aromatic ring is 1. The minimum atomic E-state index is 0.276. The van der Waals surface area contributed by atoms with Gasteiger partial charge in [0.05, 0.1) is 13.2 Å². The van der Waals surface area contributed by atoms with Gasteiger partial charge in [-0.25, -0.2) is 4.68 Å². The number of hydrogen-bond acceptors (Lipinski definition) is 4. The number of rotatable bonds is 4. The molecule has 5 nitrogen and oxygen atoms in total. The molecule has 1 aromatic heterocycles. The number of nitrogens with zero attached hydrogens (tertiary/aromatic N) is 3. The van der Waals surface area contributed by atoms with Gasteiger partial charge in [-0.05, 0) is 22.9 Å². The lowest BCUT2D eigenvalue weighted by Crippen LogP contribution is -2.07. The Morgan fingerprint density at radius 3 is 2.92 bits per heavy atom. The van der Waals surface area contributed by atoms with Gasteiger partial charge in [-0.2, -0.15) is 4.98 Å². The quantitative estimate of drug-likeness (QED) is 0.778. The van der Waals surface area contributed by atoms with E-state index in [1.165, 1.54) is 0 Å². The second kappa shape index (κ2) is 4.42. The molecule has 2 N–H and O–H groups in total. The highest BCUT2D eigenvalue weighted by Crippen LogP contribution is 2.06. The second-order valence-corrected chi connectivity index (χ2v) is 2.87. The summed E-state index contributed by atoms with van der Waals surface area (Å²) in [5.74, 6) is 0.276. The van der Waals surface area contributed by atoms with E-state index in [1.807, 2.05) is 6.92 Å². The van der Waals surface area contributed by atoms with Crippen LogP contribution < -0.4 is 5.73 Å². The van der Waals surface area contributed by atoms with Gasteiger partial charge >= 0.3 is 0 Å².